The predicted molar refractivity (Wildman–Crippen MR) is 90.2 cm³/mol. The third-order valence-corrected chi connectivity index (χ3v) is 4.38. The lowest BCUT2D eigenvalue weighted by Gasteiger charge is -2.28. The van der Waals surface area contributed by atoms with E-state index in [1.165, 1.54) is 0 Å². The third-order valence-electron chi connectivity index (χ3n) is 3.64. The van der Waals surface area contributed by atoms with Crippen LogP contribution in [0.5, 0.6) is 11.5 Å². The molecular weight excluding hydrogens is 374 g/mol. The maximum absolute atomic E-state index is 11.0. The van der Waals surface area contributed by atoms with Gasteiger partial charge in [0.15, 0.2) is 11.5 Å². The summed E-state index contributed by atoms with van der Waals surface area (Å²) >= 11 is 3.53. The summed E-state index contributed by atoms with van der Waals surface area (Å²) in [5.41, 5.74) is 1.00. The van der Waals surface area contributed by atoms with Gasteiger partial charge in [-0.15, -0.1) is 12.4 Å². The lowest BCUT2D eigenvalue weighted by molar-refractivity contribution is -0.139. The number of halogens is 2. The molecule has 1 aromatic rings. The number of aliphatic carboxylic acids is 1. The number of ether oxygens (including phenoxy) is 2. The Bertz CT molecular complexity index is 527. The Morgan fingerprint density at radius 3 is 2.50 bits per heavy atom. The normalized spacial score (nSPS) is 14.4. The molecule has 0 aromatic heterocycles. The van der Waals surface area contributed by atoms with Crippen molar-refractivity contribution in [3.05, 3.63) is 22.2 Å². The van der Waals surface area contributed by atoms with Crippen LogP contribution in [-0.4, -0.2) is 41.8 Å². The first-order chi connectivity index (χ1) is 10.0. The van der Waals surface area contributed by atoms with Gasteiger partial charge in [0.25, 0.3) is 0 Å². The number of fused-ring (bicyclic) bond motifs is 1. The Morgan fingerprint density at radius 1 is 1.36 bits per heavy atom. The van der Waals surface area contributed by atoms with Gasteiger partial charge in [-0.05, 0) is 31.0 Å². The first-order valence-corrected chi connectivity index (χ1v) is 7.84. The zero-order chi connectivity index (χ0) is 15.4. The van der Waals surface area contributed by atoms with Crippen LogP contribution in [0.3, 0.4) is 0 Å². The first-order valence-electron chi connectivity index (χ1n) is 7.05. The van der Waals surface area contributed by atoms with Gasteiger partial charge in [-0.3, -0.25) is 9.69 Å². The Kier molecular flexibility index (Phi) is 7.45. The van der Waals surface area contributed by atoms with Crippen LogP contribution in [0, 0.1) is 0 Å². The van der Waals surface area contributed by atoms with Crippen molar-refractivity contribution in [3.63, 3.8) is 0 Å². The summed E-state index contributed by atoms with van der Waals surface area (Å²) in [6, 6.07) is 4.01. The van der Waals surface area contributed by atoms with Gasteiger partial charge >= 0.3 is 5.97 Å². The van der Waals surface area contributed by atoms with Crippen LogP contribution in [0.1, 0.15) is 25.8 Å². The van der Waals surface area contributed by atoms with E-state index in [9.17, 15) is 4.79 Å². The van der Waals surface area contributed by atoms with Crippen molar-refractivity contribution in [2.45, 2.75) is 32.9 Å². The van der Waals surface area contributed by atoms with E-state index in [4.69, 9.17) is 14.6 Å². The lowest BCUT2D eigenvalue weighted by Crippen LogP contribution is -2.36. The number of hydrogen-bond donors (Lipinski definition) is 1. The summed E-state index contributed by atoms with van der Waals surface area (Å²) in [6.07, 6.45) is 0.898. The molecule has 0 saturated heterocycles. The van der Waals surface area contributed by atoms with Crippen molar-refractivity contribution in [1.82, 2.24) is 4.90 Å². The van der Waals surface area contributed by atoms with E-state index >= 15 is 0 Å². The summed E-state index contributed by atoms with van der Waals surface area (Å²) in [5.74, 6) is 0.632. The zero-order valence-corrected chi connectivity index (χ0v) is 15.1. The second-order valence-corrected chi connectivity index (χ2v) is 6.00. The molecule has 1 unspecified atom stereocenters. The smallest absolute Gasteiger partial charge is 0.317 e. The van der Waals surface area contributed by atoms with Crippen LogP contribution in [0.2, 0.25) is 0 Å². The number of benzene rings is 1. The number of carboxylic acid groups (broad SMARTS) is 1. The highest BCUT2D eigenvalue weighted by atomic mass is 79.9. The molecule has 1 N–H and O–H groups in total. The van der Waals surface area contributed by atoms with E-state index < -0.39 is 5.97 Å². The molecule has 0 saturated carbocycles. The average molecular weight is 395 g/mol. The average Bonchev–Trinajstić information content (AvgIpc) is 2.46. The van der Waals surface area contributed by atoms with Gasteiger partial charge in [-0.1, -0.05) is 22.9 Å². The largest absolute Gasteiger partial charge is 0.486 e. The molecule has 1 aliphatic rings. The minimum absolute atomic E-state index is 0. The molecular formula is C15H21BrClNO4. The summed E-state index contributed by atoms with van der Waals surface area (Å²) in [4.78, 5) is 13.0. The molecule has 0 fully saturated rings. The molecule has 22 heavy (non-hydrogen) atoms. The first kappa shape index (κ1) is 19.1. The topological polar surface area (TPSA) is 59.0 Å². The van der Waals surface area contributed by atoms with Gasteiger partial charge in [-0.25, -0.2) is 0 Å². The molecule has 7 heteroatoms. The fourth-order valence-electron chi connectivity index (χ4n) is 2.25. The second-order valence-electron chi connectivity index (χ2n) is 5.14. The SMILES string of the molecule is CCC(C)N(CC(=O)O)Cc1cc2c(cc1Br)OCCO2.Cl. The number of carbonyl (C=O) groups is 1. The van der Waals surface area contributed by atoms with Crippen LogP contribution in [-0.2, 0) is 11.3 Å². The number of nitrogens with zero attached hydrogens (tertiary/aromatic N) is 1. The van der Waals surface area contributed by atoms with Crippen molar-refractivity contribution in [1.29, 1.82) is 0 Å². The zero-order valence-electron chi connectivity index (χ0n) is 12.7. The van der Waals surface area contributed by atoms with Gasteiger partial charge < -0.3 is 14.6 Å². The second kappa shape index (κ2) is 8.60. The van der Waals surface area contributed by atoms with Crippen LogP contribution in [0.4, 0.5) is 0 Å². The summed E-state index contributed by atoms with van der Waals surface area (Å²) in [6.45, 7) is 5.76. The third kappa shape index (κ3) is 4.76. The molecule has 0 bridgehead atoms. The Labute approximate surface area is 145 Å². The van der Waals surface area contributed by atoms with Crippen molar-refractivity contribution in [2.75, 3.05) is 19.8 Å². The van der Waals surface area contributed by atoms with E-state index in [1.54, 1.807) is 0 Å². The van der Waals surface area contributed by atoms with Gasteiger partial charge in [-0.2, -0.15) is 0 Å². The molecule has 0 aliphatic carbocycles. The Hall–Kier alpha value is -0.980. The van der Waals surface area contributed by atoms with Crippen molar-refractivity contribution in [3.8, 4) is 11.5 Å². The highest BCUT2D eigenvalue weighted by Crippen LogP contribution is 2.36. The van der Waals surface area contributed by atoms with Gasteiger partial charge in [0.1, 0.15) is 13.2 Å². The molecule has 124 valence electrons. The molecule has 0 amide bonds. The van der Waals surface area contributed by atoms with Crippen LogP contribution < -0.4 is 9.47 Å². The van der Waals surface area contributed by atoms with Gasteiger partial charge in [0.05, 0.1) is 6.54 Å². The molecule has 1 aliphatic heterocycles. The maximum Gasteiger partial charge on any atom is 0.317 e. The quantitative estimate of drug-likeness (QED) is 0.802. The molecule has 1 atom stereocenters. The summed E-state index contributed by atoms with van der Waals surface area (Å²) < 4.78 is 12.0. The summed E-state index contributed by atoms with van der Waals surface area (Å²) in [5, 5.41) is 9.07. The van der Waals surface area contributed by atoms with Crippen molar-refractivity contribution < 1.29 is 19.4 Å². The fourth-order valence-corrected chi connectivity index (χ4v) is 2.69. The highest BCUT2D eigenvalue weighted by molar-refractivity contribution is 9.10. The molecule has 0 radical (unpaired) electrons. The molecule has 1 heterocycles. The summed E-state index contributed by atoms with van der Waals surface area (Å²) in [7, 11) is 0. The van der Waals surface area contributed by atoms with E-state index in [0.29, 0.717) is 19.8 Å². The maximum atomic E-state index is 11.0. The number of rotatable bonds is 6. The molecule has 0 spiro atoms. The number of hydrogen-bond acceptors (Lipinski definition) is 4. The van der Waals surface area contributed by atoms with E-state index in [-0.39, 0.29) is 25.0 Å². The van der Waals surface area contributed by atoms with Crippen LogP contribution in [0.25, 0.3) is 0 Å². The monoisotopic (exact) mass is 393 g/mol. The van der Waals surface area contributed by atoms with Crippen LogP contribution >= 0.6 is 28.3 Å². The molecule has 2 rings (SSSR count). The van der Waals surface area contributed by atoms with Crippen molar-refractivity contribution >= 4 is 34.3 Å². The van der Waals surface area contributed by atoms with E-state index in [1.807, 2.05) is 24.0 Å². The van der Waals surface area contributed by atoms with E-state index in [0.717, 1.165) is 28.0 Å². The van der Waals surface area contributed by atoms with Gasteiger partial charge in [0.2, 0.25) is 0 Å². The van der Waals surface area contributed by atoms with Gasteiger partial charge in [0, 0.05) is 17.1 Å². The van der Waals surface area contributed by atoms with Crippen molar-refractivity contribution in [2.24, 2.45) is 0 Å². The lowest BCUT2D eigenvalue weighted by atomic mass is 10.1. The minimum atomic E-state index is -0.816. The Balaban J connectivity index is 0.00000242. The predicted octanol–water partition coefficient (Wildman–Crippen LogP) is 3.33. The molecule has 5 nitrogen and oxygen atoms in total. The van der Waals surface area contributed by atoms with E-state index in [2.05, 4.69) is 22.9 Å². The minimum Gasteiger partial charge on any atom is -0.486 e. The number of carboxylic acids is 1. The highest BCUT2D eigenvalue weighted by Gasteiger charge is 2.20. The molecule has 1 aromatic carbocycles. The standard InChI is InChI=1S/C15H20BrNO4.ClH/c1-3-10(2)17(9-15(18)19)8-11-6-13-14(7-12(11)16)21-5-4-20-13;/h6-7,10H,3-5,8-9H2,1-2H3,(H,18,19);1H. The Morgan fingerprint density at radius 2 is 1.95 bits per heavy atom. The fraction of sp³-hybridized carbons (Fsp3) is 0.533. The van der Waals surface area contributed by atoms with Crippen LogP contribution in [0.15, 0.2) is 16.6 Å².